The Hall–Kier alpha value is -1.69. The van der Waals surface area contributed by atoms with E-state index in [1.165, 1.54) is 0 Å². The topological polar surface area (TPSA) is 61.5 Å². The number of nitrogens with two attached hydrogens (primary N) is 1. The van der Waals surface area contributed by atoms with Gasteiger partial charge in [-0.3, -0.25) is 0 Å². The number of halogens is 2. The van der Waals surface area contributed by atoms with E-state index in [9.17, 15) is 13.6 Å². The van der Waals surface area contributed by atoms with Crippen LogP contribution in [0.3, 0.4) is 0 Å². The summed E-state index contributed by atoms with van der Waals surface area (Å²) >= 11 is 0. The lowest BCUT2D eigenvalue weighted by molar-refractivity contribution is 0.0314. The van der Waals surface area contributed by atoms with E-state index in [2.05, 4.69) is 0 Å². The van der Waals surface area contributed by atoms with Gasteiger partial charge in [-0.05, 0) is 12.5 Å². The number of carbonyl (C=O) groups is 1. The van der Waals surface area contributed by atoms with Crippen molar-refractivity contribution in [2.45, 2.75) is 13.3 Å². The molecule has 2 N–H and O–H groups in total. The summed E-state index contributed by atoms with van der Waals surface area (Å²) in [5.74, 6) is -2.70. The SMILES string of the molecule is CCCOCCOC(=O)c1cc(F)c(N)cc1F. The van der Waals surface area contributed by atoms with Crippen LogP contribution in [0.2, 0.25) is 0 Å². The molecule has 0 radical (unpaired) electrons. The zero-order valence-electron chi connectivity index (χ0n) is 10.0. The highest BCUT2D eigenvalue weighted by atomic mass is 19.1. The summed E-state index contributed by atoms with van der Waals surface area (Å²) in [5.41, 5.74) is 4.33. The fourth-order valence-electron chi connectivity index (χ4n) is 1.24. The molecule has 0 bridgehead atoms. The summed E-state index contributed by atoms with van der Waals surface area (Å²) in [7, 11) is 0. The van der Waals surface area contributed by atoms with E-state index in [0.717, 1.165) is 18.6 Å². The van der Waals surface area contributed by atoms with E-state index in [0.29, 0.717) is 6.61 Å². The molecule has 0 unspecified atom stereocenters. The molecular formula is C12H15F2NO3. The van der Waals surface area contributed by atoms with Crippen molar-refractivity contribution in [2.24, 2.45) is 0 Å². The minimum absolute atomic E-state index is 0.00965. The maximum absolute atomic E-state index is 13.3. The molecule has 0 spiro atoms. The van der Waals surface area contributed by atoms with Crippen molar-refractivity contribution in [1.82, 2.24) is 0 Å². The van der Waals surface area contributed by atoms with Crippen LogP contribution >= 0.6 is 0 Å². The van der Waals surface area contributed by atoms with E-state index in [4.69, 9.17) is 15.2 Å². The molecule has 0 aliphatic carbocycles. The molecule has 0 saturated heterocycles. The Bertz CT molecular complexity index is 424. The Kier molecular flexibility index (Phi) is 5.51. The van der Waals surface area contributed by atoms with Crippen molar-refractivity contribution in [2.75, 3.05) is 25.6 Å². The number of nitrogen functional groups attached to an aromatic ring is 1. The minimum Gasteiger partial charge on any atom is -0.460 e. The molecule has 100 valence electrons. The summed E-state index contributed by atoms with van der Waals surface area (Å²) in [5, 5.41) is 0. The van der Waals surface area contributed by atoms with Gasteiger partial charge in [0, 0.05) is 12.7 Å². The van der Waals surface area contributed by atoms with Crippen LogP contribution in [0.4, 0.5) is 14.5 Å². The van der Waals surface area contributed by atoms with Crippen LogP contribution in [-0.4, -0.2) is 25.8 Å². The Morgan fingerprint density at radius 3 is 2.61 bits per heavy atom. The molecule has 0 fully saturated rings. The third kappa shape index (κ3) is 3.96. The number of rotatable bonds is 6. The predicted molar refractivity (Wildman–Crippen MR) is 62.2 cm³/mol. The van der Waals surface area contributed by atoms with Crippen LogP contribution in [0.25, 0.3) is 0 Å². The van der Waals surface area contributed by atoms with Crippen molar-refractivity contribution >= 4 is 11.7 Å². The molecule has 0 amide bonds. The second-order valence-electron chi connectivity index (χ2n) is 3.60. The Labute approximate surface area is 104 Å². The smallest absolute Gasteiger partial charge is 0.341 e. The monoisotopic (exact) mass is 259 g/mol. The van der Waals surface area contributed by atoms with Gasteiger partial charge >= 0.3 is 5.97 Å². The second kappa shape index (κ2) is 6.90. The van der Waals surface area contributed by atoms with Crippen molar-refractivity contribution in [3.8, 4) is 0 Å². The number of hydrogen-bond donors (Lipinski definition) is 1. The fraction of sp³-hybridized carbons (Fsp3) is 0.417. The summed E-state index contributed by atoms with van der Waals surface area (Å²) in [6.07, 6.45) is 0.853. The number of hydrogen-bond acceptors (Lipinski definition) is 4. The molecule has 0 saturated carbocycles. The number of ether oxygens (including phenoxy) is 2. The van der Waals surface area contributed by atoms with Gasteiger partial charge in [0.2, 0.25) is 0 Å². The van der Waals surface area contributed by atoms with Gasteiger partial charge in [0.15, 0.2) is 0 Å². The zero-order valence-corrected chi connectivity index (χ0v) is 10.0. The van der Waals surface area contributed by atoms with Gasteiger partial charge in [0.1, 0.15) is 18.2 Å². The fourth-order valence-corrected chi connectivity index (χ4v) is 1.24. The summed E-state index contributed by atoms with van der Waals surface area (Å²) < 4.78 is 36.2. The quantitative estimate of drug-likeness (QED) is 0.483. The lowest BCUT2D eigenvalue weighted by atomic mass is 10.2. The molecule has 1 aromatic rings. The number of esters is 1. The number of carbonyl (C=O) groups excluding carboxylic acids is 1. The molecule has 1 rings (SSSR count). The van der Waals surface area contributed by atoms with Crippen molar-refractivity contribution < 1.29 is 23.0 Å². The molecule has 0 aliphatic heterocycles. The lowest BCUT2D eigenvalue weighted by Crippen LogP contribution is -2.13. The van der Waals surface area contributed by atoms with E-state index in [1.807, 2.05) is 6.92 Å². The Morgan fingerprint density at radius 2 is 1.94 bits per heavy atom. The maximum atomic E-state index is 13.3. The van der Waals surface area contributed by atoms with Gasteiger partial charge in [-0.25, -0.2) is 13.6 Å². The summed E-state index contributed by atoms with van der Waals surface area (Å²) in [4.78, 5) is 11.4. The van der Waals surface area contributed by atoms with E-state index in [1.54, 1.807) is 0 Å². The van der Waals surface area contributed by atoms with Gasteiger partial charge in [-0.1, -0.05) is 6.92 Å². The molecule has 0 heterocycles. The van der Waals surface area contributed by atoms with E-state index in [-0.39, 0.29) is 18.9 Å². The van der Waals surface area contributed by atoms with Gasteiger partial charge in [-0.2, -0.15) is 0 Å². The average Bonchev–Trinajstić information content (AvgIpc) is 2.33. The minimum atomic E-state index is -0.938. The van der Waals surface area contributed by atoms with E-state index >= 15 is 0 Å². The molecule has 18 heavy (non-hydrogen) atoms. The zero-order chi connectivity index (χ0) is 13.5. The van der Waals surface area contributed by atoms with Crippen molar-refractivity contribution in [3.63, 3.8) is 0 Å². The molecule has 4 nitrogen and oxygen atoms in total. The largest absolute Gasteiger partial charge is 0.460 e. The third-order valence-electron chi connectivity index (χ3n) is 2.12. The summed E-state index contributed by atoms with van der Waals surface area (Å²) in [6, 6.07) is 1.47. The van der Waals surface area contributed by atoms with E-state index < -0.39 is 23.2 Å². The highest BCUT2D eigenvalue weighted by Gasteiger charge is 2.16. The first-order chi connectivity index (χ1) is 8.56. The molecule has 0 aromatic heterocycles. The number of benzene rings is 1. The normalized spacial score (nSPS) is 10.4. The van der Waals surface area contributed by atoms with Crippen LogP contribution in [0.15, 0.2) is 12.1 Å². The van der Waals surface area contributed by atoms with Gasteiger partial charge in [-0.15, -0.1) is 0 Å². The third-order valence-corrected chi connectivity index (χ3v) is 2.12. The molecule has 0 atom stereocenters. The van der Waals surface area contributed by atoms with Gasteiger partial charge in [0.05, 0.1) is 17.9 Å². The number of anilines is 1. The maximum Gasteiger partial charge on any atom is 0.341 e. The Balaban J connectivity index is 2.54. The molecule has 1 aromatic carbocycles. The summed E-state index contributed by atoms with van der Waals surface area (Å²) in [6.45, 7) is 2.71. The second-order valence-corrected chi connectivity index (χ2v) is 3.60. The first kappa shape index (κ1) is 14.4. The first-order valence-electron chi connectivity index (χ1n) is 5.55. The molecule has 0 aliphatic rings. The molecular weight excluding hydrogens is 244 g/mol. The Morgan fingerprint density at radius 1 is 1.22 bits per heavy atom. The van der Waals surface area contributed by atoms with Crippen LogP contribution in [-0.2, 0) is 9.47 Å². The van der Waals surface area contributed by atoms with Gasteiger partial charge < -0.3 is 15.2 Å². The van der Waals surface area contributed by atoms with Gasteiger partial charge in [0.25, 0.3) is 0 Å². The highest BCUT2D eigenvalue weighted by molar-refractivity contribution is 5.90. The lowest BCUT2D eigenvalue weighted by Gasteiger charge is -2.07. The van der Waals surface area contributed by atoms with Crippen molar-refractivity contribution in [3.05, 3.63) is 29.3 Å². The van der Waals surface area contributed by atoms with Crippen LogP contribution < -0.4 is 5.73 Å². The average molecular weight is 259 g/mol. The first-order valence-corrected chi connectivity index (χ1v) is 5.55. The van der Waals surface area contributed by atoms with Crippen LogP contribution in [0, 0.1) is 11.6 Å². The standard InChI is InChI=1S/C12H15F2NO3/c1-2-3-17-4-5-18-12(16)8-6-10(14)11(15)7-9(8)13/h6-7H,2-5,15H2,1H3. The predicted octanol–water partition coefficient (Wildman–Crippen LogP) is 2.13. The highest BCUT2D eigenvalue weighted by Crippen LogP contribution is 2.17. The van der Waals surface area contributed by atoms with Crippen molar-refractivity contribution in [1.29, 1.82) is 0 Å². The van der Waals surface area contributed by atoms with Crippen LogP contribution in [0.5, 0.6) is 0 Å². The van der Waals surface area contributed by atoms with Crippen LogP contribution in [0.1, 0.15) is 23.7 Å². The molecule has 6 heteroatoms.